The van der Waals surface area contributed by atoms with E-state index in [0.717, 1.165) is 24.0 Å². The third-order valence-electron chi connectivity index (χ3n) is 2.88. The molecule has 0 N–H and O–H groups in total. The predicted molar refractivity (Wildman–Crippen MR) is 81.0 cm³/mol. The third kappa shape index (κ3) is 4.16. The summed E-state index contributed by atoms with van der Waals surface area (Å²) in [6.45, 7) is 5.79. The molecule has 0 saturated heterocycles. The zero-order valence-electron chi connectivity index (χ0n) is 11.2. The van der Waals surface area contributed by atoms with Gasteiger partial charge in [0, 0.05) is 11.1 Å². The summed E-state index contributed by atoms with van der Waals surface area (Å²) in [5, 5.41) is 0. The van der Waals surface area contributed by atoms with Crippen molar-refractivity contribution in [3.63, 3.8) is 0 Å². The molecule has 0 unspecified atom stereocenters. The van der Waals surface area contributed by atoms with Gasteiger partial charge in [0.25, 0.3) is 0 Å². The van der Waals surface area contributed by atoms with E-state index in [4.69, 9.17) is 0 Å². The van der Waals surface area contributed by atoms with Crippen LogP contribution in [0.5, 0.6) is 0 Å². The van der Waals surface area contributed by atoms with Crippen LogP contribution in [0.25, 0.3) is 0 Å². The minimum atomic E-state index is 1.01. The van der Waals surface area contributed by atoms with Crippen LogP contribution in [0.1, 0.15) is 28.7 Å². The van der Waals surface area contributed by atoms with E-state index in [0.29, 0.717) is 0 Å². The highest BCUT2D eigenvalue weighted by molar-refractivity contribution is 5.44. The Morgan fingerprint density at radius 1 is 1.11 bits per heavy atom. The molecule has 0 saturated carbocycles. The summed E-state index contributed by atoms with van der Waals surface area (Å²) < 4.78 is 0. The molecule has 0 atom stereocenters. The maximum atomic E-state index is 3.74. The first-order valence-electron chi connectivity index (χ1n) is 6.47. The highest BCUT2D eigenvalue weighted by Crippen LogP contribution is 2.07. The van der Waals surface area contributed by atoms with E-state index in [2.05, 4.69) is 61.7 Å². The van der Waals surface area contributed by atoms with E-state index in [-0.39, 0.29) is 0 Å². The fraction of sp³-hybridized carbons (Fsp3) is 0.158. The molecular weight excluding hydrogens is 228 g/mol. The van der Waals surface area contributed by atoms with Crippen molar-refractivity contribution in [3.05, 3.63) is 83.4 Å². The molecule has 0 bridgehead atoms. The highest BCUT2D eigenvalue weighted by Gasteiger charge is 1.92. The topological polar surface area (TPSA) is 0 Å². The number of rotatable bonds is 3. The van der Waals surface area contributed by atoms with Gasteiger partial charge in [0.2, 0.25) is 0 Å². The Kier molecular flexibility index (Phi) is 4.59. The summed E-state index contributed by atoms with van der Waals surface area (Å²) in [5.41, 5.74) is 4.57. The Morgan fingerprint density at radius 2 is 1.84 bits per heavy atom. The lowest BCUT2D eigenvalue weighted by molar-refractivity contribution is 1.00. The van der Waals surface area contributed by atoms with Crippen LogP contribution in [-0.4, -0.2) is 0 Å². The van der Waals surface area contributed by atoms with Crippen molar-refractivity contribution in [2.24, 2.45) is 0 Å². The van der Waals surface area contributed by atoms with Gasteiger partial charge < -0.3 is 0 Å². The van der Waals surface area contributed by atoms with Gasteiger partial charge in [-0.2, -0.15) is 0 Å². The number of benzene rings is 2. The normalized spacial score (nSPS) is 9.53. The summed E-state index contributed by atoms with van der Waals surface area (Å²) in [7, 11) is 0. The number of hydrogen-bond donors (Lipinski definition) is 0. The predicted octanol–water partition coefficient (Wildman–Crippen LogP) is 4.31. The highest BCUT2D eigenvalue weighted by atomic mass is 14.0. The summed E-state index contributed by atoms with van der Waals surface area (Å²) in [4.78, 5) is 0. The molecule has 0 spiro atoms. The fourth-order valence-corrected chi connectivity index (χ4v) is 1.83. The van der Waals surface area contributed by atoms with Crippen LogP contribution < -0.4 is 0 Å². The molecule has 2 aromatic carbocycles. The minimum Gasteiger partial charge on any atom is -0.103 e. The van der Waals surface area contributed by atoms with E-state index in [1.165, 1.54) is 11.1 Å². The second-order valence-electron chi connectivity index (χ2n) is 4.57. The first-order valence-corrected chi connectivity index (χ1v) is 6.47. The van der Waals surface area contributed by atoms with Crippen LogP contribution in [0.4, 0.5) is 0 Å². The van der Waals surface area contributed by atoms with Crippen molar-refractivity contribution in [1.82, 2.24) is 0 Å². The van der Waals surface area contributed by atoms with Crippen molar-refractivity contribution in [3.8, 4) is 11.8 Å². The molecule has 0 aliphatic rings. The maximum absolute atomic E-state index is 3.74. The molecule has 0 aliphatic heterocycles. The van der Waals surface area contributed by atoms with Crippen LogP contribution in [-0.2, 0) is 6.42 Å². The van der Waals surface area contributed by atoms with Crippen LogP contribution in [0, 0.1) is 24.8 Å². The van der Waals surface area contributed by atoms with Crippen LogP contribution in [0.3, 0.4) is 0 Å². The lowest BCUT2D eigenvalue weighted by atomic mass is 10.1. The molecule has 0 aromatic heterocycles. The van der Waals surface area contributed by atoms with Gasteiger partial charge in [0.1, 0.15) is 0 Å². The Hall–Kier alpha value is -2.26. The van der Waals surface area contributed by atoms with E-state index in [9.17, 15) is 0 Å². The van der Waals surface area contributed by atoms with Crippen molar-refractivity contribution in [1.29, 1.82) is 0 Å². The van der Waals surface area contributed by atoms with Gasteiger partial charge in [0.15, 0.2) is 0 Å². The van der Waals surface area contributed by atoms with Gasteiger partial charge in [0.05, 0.1) is 0 Å². The summed E-state index contributed by atoms with van der Waals surface area (Å²) in [6.07, 6.45) is 4.01. The van der Waals surface area contributed by atoms with Crippen molar-refractivity contribution in [2.45, 2.75) is 19.8 Å². The summed E-state index contributed by atoms with van der Waals surface area (Å²) in [5.74, 6) is 6.35. The maximum Gasteiger partial charge on any atom is 0.0257 e. The number of aryl methyl sites for hydroxylation is 2. The molecule has 0 heterocycles. The van der Waals surface area contributed by atoms with E-state index in [1.54, 1.807) is 0 Å². The van der Waals surface area contributed by atoms with Gasteiger partial charge >= 0.3 is 0 Å². The molecule has 93 valence electrons. The van der Waals surface area contributed by atoms with Gasteiger partial charge in [-0.25, -0.2) is 0 Å². The van der Waals surface area contributed by atoms with Crippen molar-refractivity contribution >= 4 is 0 Å². The van der Waals surface area contributed by atoms with E-state index in [1.807, 2.05) is 18.2 Å². The molecule has 0 heteroatoms. The van der Waals surface area contributed by atoms with E-state index >= 15 is 0 Å². The fourth-order valence-electron chi connectivity index (χ4n) is 1.83. The SMILES string of the molecule is C=CCCc1ccc(C#Cc2c[c]cc(C)c2)cc1. The average molecular weight is 245 g/mol. The number of hydrogen-bond acceptors (Lipinski definition) is 0. The molecule has 0 nitrogen and oxygen atoms in total. The zero-order valence-corrected chi connectivity index (χ0v) is 11.2. The molecule has 2 rings (SSSR count). The van der Waals surface area contributed by atoms with Gasteiger partial charge in [-0.3, -0.25) is 0 Å². The molecule has 0 aliphatic carbocycles. The molecule has 2 aromatic rings. The van der Waals surface area contributed by atoms with Gasteiger partial charge in [-0.05, 0) is 61.2 Å². The minimum absolute atomic E-state index is 1.01. The standard InChI is InChI=1S/C19H17/c1-3-4-7-17-9-11-18(12-10-17)13-14-19-8-5-6-16(2)15-19/h3,6,8-12,15H,1,4,7H2,2H3. The average Bonchev–Trinajstić information content (AvgIpc) is 2.44. The third-order valence-corrected chi connectivity index (χ3v) is 2.88. The second kappa shape index (κ2) is 6.61. The molecule has 0 amide bonds. The smallest absolute Gasteiger partial charge is 0.0257 e. The lowest BCUT2D eigenvalue weighted by Gasteiger charge is -1.98. The van der Waals surface area contributed by atoms with Crippen molar-refractivity contribution < 1.29 is 0 Å². The quantitative estimate of drug-likeness (QED) is 0.558. The monoisotopic (exact) mass is 245 g/mol. The summed E-state index contributed by atoms with van der Waals surface area (Å²) in [6, 6.07) is 17.4. The molecular formula is C19H17. The first kappa shape index (κ1) is 13.2. The molecule has 0 fully saturated rings. The van der Waals surface area contributed by atoms with Gasteiger partial charge in [-0.1, -0.05) is 36.1 Å². The second-order valence-corrected chi connectivity index (χ2v) is 4.57. The lowest BCUT2D eigenvalue weighted by Crippen LogP contribution is -1.83. The van der Waals surface area contributed by atoms with E-state index < -0.39 is 0 Å². The largest absolute Gasteiger partial charge is 0.103 e. The van der Waals surface area contributed by atoms with Crippen LogP contribution >= 0.6 is 0 Å². The summed E-state index contributed by atoms with van der Waals surface area (Å²) >= 11 is 0. The van der Waals surface area contributed by atoms with Gasteiger partial charge in [-0.15, -0.1) is 6.58 Å². The Morgan fingerprint density at radius 3 is 2.53 bits per heavy atom. The first-order chi connectivity index (χ1) is 9.28. The zero-order chi connectivity index (χ0) is 13.5. The molecule has 19 heavy (non-hydrogen) atoms. The molecule has 1 radical (unpaired) electrons. The van der Waals surface area contributed by atoms with Crippen LogP contribution in [0.2, 0.25) is 0 Å². The Labute approximate surface area is 115 Å². The number of allylic oxidation sites excluding steroid dienone is 1. The van der Waals surface area contributed by atoms with Crippen LogP contribution in [0.15, 0.2) is 55.1 Å². The van der Waals surface area contributed by atoms with Crippen molar-refractivity contribution in [2.75, 3.05) is 0 Å². The Bertz CT molecular complexity index is 606. The Balaban J connectivity index is 2.09.